The van der Waals surface area contributed by atoms with Gasteiger partial charge in [-0.3, -0.25) is 4.79 Å². The lowest BCUT2D eigenvalue weighted by Crippen LogP contribution is -2.38. The summed E-state index contributed by atoms with van der Waals surface area (Å²) in [6.07, 6.45) is 3.52. The number of rotatable bonds is 4. The van der Waals surface area contributed by atoms with Gasteiger partial charge in [-0.1, -0.05) is 35.8 Å². The van der Waals surface area contributed by atoms with Gasteiger partial charge in [0.25, 0.3) is 5.91 Å². The standard InChI is InChI=1S/C17H20ClN3O2/c1-2-5-15-19-16(23-20-15)12-8-10-21(11-9-12)17(22)13-6-3-4-7-14(13)18/h3-4,6-7,12H,2,5,8-11H2,1H3. The summed E-state index contributed by atoms with van der Waals surface area (Å²) in [6.45, 7) is 3.45. The van der Waals surface area contributed by atoms with E-state index in [1.165, 1.54) is 0 Å². The van der Waals surface area contributed by atoms with Crippen LogP contribution >= 0.6 is 11.6 Å². The number of carbonyl (C=O) groups is 1. The van der Waals surface area contributed by atoms with Gasteiger partial charge in [0.1, 0.15) is 0 Å². The van der Waals surface area contributed by atoms with Crippen molar-refractivity contribution >= 4 is 17.5 Å². The van der Waals surface area contributed by atoms with Gasteiger partial charge in [0.05, 0.1) is 10.6 Å². The third-order valence-electron chi connectivity index (χ3n) is 4.19. The molecule has 2 heterocycles. The first-order valence-electron chi connectivity index (χ1n) is 8.05. The molecule has 1 aliphatic rings. The molecule has 23 heavy (non-hydrogen) atoms. The van der Waals surface area contributed by atoms with Crippen LogP contribution in [0.3, 0.4) is 0 Å². The van der Waals surface area contributed by atoms with Crippen molar-refractivity contribution in [2.24, 2.45) is 0 Å². The minimum absolute atomic E-state index is 0.00810. The van der Waals surface area contributed by atoms with Crippen LogP contribution in [0.5, 0.6) is 0 Å². The van der Waals surface area contributed by atoms with Crippen LogP contribution in [-0.4, -0.2) is 34.0 Å². The van der Waals surface area contributed by atoms with Crippen LogP contribution in [0.1, 0.15) is 54.2 Å². The van der Waals surface area contributed by atoms with E-state index in [1.807, 2.05) is 17.0 Å². The summed E-state index contributed by atoms with van der Waals surface area (Å²) in [7, 11) is 0. The first kappa shape index (κ1) is 16.0. The number of amides is 1. The molecule has 0 bridgehead atoms. The molecule has 0 radical (unpaired) electrons. The zero-order valence-corrected chi connectivity index (χ0v) is 13.9. The van der Waals surface area contributed by atoms with Gasteiger partial charge in [0, 0.05) is 25.4 Å². The van der Waals surface area contributed by atoms with E-state index in [9.17, 15) is 4.79 Å². The highest BCUT2D eigenvalue weighted by Gasteiger charge is 2.28. The van der Waals surface area contributed by atoms with E-state index in [0.29, 0.717) is 29.6 Å². The van der Waals surface area contributed by atoms with E-state index in [2.05, 4.69) is 17.1 Å². The van der Waals surface area contributed by atoms with Gasteiger partial charge >= 0.3 is 0 Å². The van der Waals surface area contributed by atoms with Crippen molar-refractivity contribution in [1.82, 2.24) is 15.0 Å². The fourth-order valence-corrected chi connectivity index (χ4v) is 3.11. The van der Waals surface area contributed by atoms with Crippen molar-refractivity contribution in [2.45, 2.75) is 38.5 Å². The summed E-state index contributed by atoms with van der Waals surface area (Å²) in [5.74, 6) is 1.71. The Kier molecular flexibility index (Phi) is 4.96. The molecule has 1 aliphatic heterocycles. The number of halogens is 1. The Labute approximate surface area is 140 Å². The second-order valence-corrected chi connectivity index (χ2v) is 6.25. The maximum atomic E-state index is 12.5. The Morgan fingerprint density at radius 2 is 2.09 bits per heavy atom. The quantitative estimate of drug-likeness (QED) is 0.856. The molecule has 0 spiro atoms. The number of benzene rings is 1. The average molecular weight is 334 g/mol. The molecule has 5 nitrogen and oxygen atoms in total. The number of nitrogens with zero attached hydrogens (tertiary/aromatic N) is 3. The predicted molar refractivity (Wildman–Crippen MR) is 87.6 cm³/mol. The second-order valence-electron chi connectivity index (χ2n) is 5.85. The Balaban J connectivity index is 1.61. The van der Waals surface area contributed by atoms with E-state index in [-0.39, 0.29) is 11.8 Å². The van der Waals surface area contributed by atoms with Crippen LogP contribution in [0.2, 0.25) is 5.02 Å². The van der Waals surface area contributed by atoms with E-state index in [1.54, 1.807) is 12.1 Å². The summed E-state index contributed by atoms with van der Waals surface area (Å²) in [6, 6.07) is 7.18. The van der Waals surface area contributed by atoms with Crippen molar-refractivity contribution in [3.8, 4) is 0 Å². The van der Waals surface area contributed by atoms with Crippen LogP contribution in [0, 0.1) is 0 Å². The van der Waals surface area contributed by atoms with Gasteiger partial charge in [-0.2, -0.15) is 4.98 Å². The fraction of sp³-hybridized carbons (Fsp3) is 0.471. The van der Waals surface area contributed by atoms with Crippen LogP contribution in [-0.2, 0) is 6.42 Å². The zero-order chi connectivity index (χ0) is 16.2. The molecule has 0 unspecified atom stereocenters. The van der Waals surface area contributed by atoms with E-state index in [4.69, 9.17) is 16.1 Å². The topological polar surface area (TPSA) is 59.2 Å². The highest BCUT2D eigenvalue weighted by Crippen LogP contribution is 2.28. The van der Waals surface area contributed by atoms with Gasteiger partial charge in [0.2, 0.25) is 5.89 Å². The molecule has 1 amide bonds. The maximum Gasteiger partial charge on any atom is 0.255 e. The lowest BCUT2D eigenvalue weighted by Gasteiger charge is -2.30. The molecule has 1 fully saturated rings. The molecule has 122 valence electrons. The summed E-state index contributed by atoms with van der Waals surface area (Å²) in [5.41, 5.74) is 0.565. The normalized spacial score (nSPS) is 15.8. The molecule has 1 aromatic heterocycles. The molecule has 6 heteroatoms. The third-order valence-corrected chi connectivity index (χ3v) is 4.52. The van der Waals surface area contributed by atoms with E-state index in [0.717, 1.165) is 31.5 Å². The number of aryl methyl sites for hydroxylation is 1. The molecule has 0 N–H and O–H groups in total. The van der Waals surface area contributed by atoms with Crippen LogP contribution in [0.4, 0.5) is 0 Å². The van der Waals surface area contributed by atoms with Gasteiger partial charge in [-0.05, 0) is 31.4 Å². The van der Waals surface area contributed by atoms with Gasteiger partial charge in [0.15, 0.2) is 5.82 Å². The summed E-state index contributed by atoms with van der Waals surface area (Å²) in [4.78, 5) is 18.9. The lowest BCUT2D eigenvalue weighted by atomic mass is 9.96. The summed E-state index contributed by atoms with van der Waals surface area (Å²) < 4.78 is 5.37. The SMILES string of the molecule is CCCc1noc(C2CCN(C(=O)c3ccccc3Cl)CC2)n1. The molecule has 0 saturated carbocycles. The monoisotopic (exact) mass is 333 g/mol. The minimum Gasteiger partial charge on any atom is -0.339 e. The predicted octanol–water partition coefficient (Wildman–Crippen LogP) is 3.70. The van der Waals surface area contributed by atoms with E-state index < -0.39 is 0 Å². The van der Waals surface area contributed by atoms with E-state index >= 15 is 0 Å². The summed E-state index contributed by atoms with van der Waals surface area (Å²) in [5, 5.41) is 4.51. The number of piperidine rings is 1. The average Bonchev–Trinajstić information content (AvgIpc) is 3.04. The highest BCUT2D eigenvalue weighted by atomic mass is 35.5. The number of aromatic nitrogens is 2. The van der Waals surface area contributed by atoms with Crippen molar-refractivity contribution in [1.29, 1.82) is 0 Å². The molecular formula is C17H20ClN3O2. The summed E-state index contributed by atoms with van der Waals surface area (Å²) >= 11 is 6.11. The molecular weight excluding hydrogens is 314 g/mol. The molecule has 1 saturated heterocycles. The van der Waals surface area contributed by atoms with Crippen molar-refractivity contribution in [3.05, 3.63) is 46.6 Å². The lowest BCUT2D eigenvalue weighted by molar-refractivity contribution is 0.0704. The van der Waals surface area contributed by atoms with Crippen molar-refractivity contribution < 1.29 is 9.32 Å². The number of carbonyl (C=O) groups excluding carboxylic acids is 1. The molecule has 3 rings (SSSR count). The van der Waals surface area contributed by atoms with Gasteiger partial charge in [-0.15, -0.1) is 0 Å². The Morgan fingerprint density at radius 3 is 2.78 bits per heavy atom. The fourth-order valence-electron chi connectivity index (χ4n) is 2.89. The first-order valence-corrected chi connectivity index (χ1v) is 8.43. The third kappa shape index (κ3) is 3.55. The molecule has 2 aromatic rings. The zero-order valence-electron chi connectivity index (χ0n) is 13.2. The highest BCUT2D eigenvalue weighted by molar-refractivity contribution is 6.33. The second kappa shape index (κ2) is 7.13. The van der Waals surface area contributed by atoms with Crippen LogP contribution in [0.25, 0.3) is 0 Å². The Morgan fingerprint density at radius 1 is 1.35 bits per heavy atom. The largest absolute Gasteiger partial charge is 0.339 e. The van der Waals surface area contributed by atoms with Crippen LogP contribution in [0.15, 0.2) is 28.8 Å². The Hall–Kier alpha value is -1.88. The van der Waals surface area contributed by atoms with Gasteiger partial charge in [-0.25, -0.2) is 0 Å². The first-order chi connectivity index (χ1) is 11.2. The smallest absolute Gasteiger partial charge is 0.255 e. The Bertz CT molecular complexity index is 678. The molecule has 1 aromatic carbocycles. The van der Waals surface area contributed by atoms with Gasteiger partial charge < -0.3 is 9.42 Å². The number of hydrogen-bond acceptors (Lipinski definition) is 4. The molecule has 0 atom stereocenters. The van der Waals surface area contributed by atoms with Crippen LogP contribution < -0.4 is 0 Å². The number of likely N-dealkylation sites (tertiary alicyclic amines) is 1. The minimum atomic E-state index is -0.00810. The molecule has 0 aliphatic carbocycles. The van der Waals surface area contributed by atoms with Crippen molar-refractivity contribution in [3.63, 3.8) is 0 Å². The maximum absolute atomic E-state index is 12.5. The number of hydrogen-bond donors (Lipinski definition) is 0. The van der Waals surface area contributed by atoms with Crippen molar-refractivity contribution in [2.75, 3.05) is 13.1 Å².